The maximum Gasteiger partial charge on any atom is 0.203 e. The summed E-state index contributed by atoms with van der Waals surface area (Å²) in [5.41, 5.74) is 1.18. The third-order valence-electron chi connectivity index (χ3n) is 5.70. The first kappa shape index (κ1) is 11.7. The molecule has 1 aromatic rings. The van der Waals surface area contributed by atoms with E-state index < -0.39 is 0 Å². The lowest BCUT2D eigenvalue weighted by Crippen LogP contribution is -2.47. The quantitative estimate of drug-likeness (QED) is 0.461. The van der Waals surface area contributed by atoms with Gasteiger partial charge in [0.15, 0.2) is 12.4 Å². The molecule has 3 atom stereocenters. The first-order valence-electron chi connectivity index (χ1n) is 6.70. The van der Waals surface area contributed by atoms with Gasteiger partial charge in [-0.1, -0.05) is 32.0 Å². The van der Waals surface area contributed by atoms with Crippen LogP contribution >= 0.6 is 0 Å². The van der Waals surface area contributed by atoms with Crippen LogP contribution in [0.1, 0.15) is 39.7 Å². The molecule has 0 aliphatic heterocycles. The molecule has 0 radical (unpaired) electrons. The van der Waals surface area contributed by atoms with Gasteiger partial charge in [0.1, 0.15) is 5.71 Å². The highest BCUT2D eigenvalue weighted by molar-refractivity contribution is 5.96. The normalized spacial score (nSPS) is 39.4. The molecule has 0 saturated heterocycles. The Hall–Kier alpha value is -1.38. The fourth-order valence-electron chi connectivity index (χ4n) is 4.18. The van der Waals surface area contributed by atoms with Crippen LogP contribution < -0.4 is 4.57 Å². The summed E-state index contributed by atoms with van der Waals surface area (Å²) in [6.45, 7) is 6.89. The van der Waals surface area contributed by atoms with Crippen molar-refractivity contribution in [3.05, 3.63) is 30.6 Å². The molecular weight excluding hydrogens is 224 g/mol. The van der Waals surface area contributed by atoms with Gasteiger partial charge in [0.25, 0.3) is 0 Å². The van der Waals surface area contributed by atoms with E-state index in [1.165, 1.54) is 6.42 Å². The van der Waals surface area contributed by atoms with Crippen molar-refractivity contribution in [1.82, 2.24) is 0 Å². The molecule has 3 rings (SSSR count). The summed E-state index contributed by atoms with van der Waals surface area (Å²) in [5, 5.41) is 13.2. The number of nitrogens with zero attached hydrogens (tertiary/aromatic N) is 2. The van der Waals surface area contributed by atoms with Crippen LogP contribution in [0.4, 0.5) is 0 Å². The summed E-state index contributed by atoms with van der Waals surface area (Å²) in [5.74, 6) is 0.556. The molecule has 3 heteroatoms. The molecule has 96 valence electrons. The summed E-state index contributed by atoms with van der Waals surface area (Å²) in [6, 6.07) is 6.31. The smallest absolute Gasteiger partial charge is 0.203 e. The number of fused-ring (bicyclic) bond motifs is 2. The Balaban J connectivity index is 2.13. The van der Waals surface area contributed by atoms with E-state index in [1.54, 1.807) is 0 Å². The minimum absolute atomic E-state index is 0.0277. The number of hydrogen-bond donors (Lipinski definition) is 1. The summed E-state index contributed by atoms with van der Waals surface area (Å²) in [4.78, 5) is 0. The molecule has 1 aromatic heterocycles. The number of aromatic nitrogens is 1. The van der Waals surface area contributed by atoms with E-state index in [1.807, 2.05) is 18.2 Å². The molecule has 2 fully saturated rings. The lowest BCUT2D eigenvalue weighted by molar-refractivity contribution is -0.713. The highest BCUT2D eigenvalue weighted by Crippen LogP contribution is 2.66. The monoisotopic (exact) mass is 245 g/mol. The average molecular weight is 245 g/mol. The van der Waals surface area contributed by atoms with Gasteiger partial charge in [-0.15, -0.1) is 0 Å². The van der Waals surface area contributed by atoms with Crippen LogP contribution in [0.3, 0.4) is 0 Å². The van der Waals surface area contributed by atoms with Gasteiger partial charge in [0.05, 0.1) is 0 Å². The SMILES string of the molecule is CC1(C)[C@H]2CC[C@@]1(C)/C(=N\O)[C@H]2[n+]1ccccc1. The molecule has 18 heavy (non-hydrogen) atoms. The summed E-state index contributed by atoms with van der Waals surface area (Å²) in [7, 11) is 0. The molecule has 2 aliphatic carbocycles. The van der Waals surface area contributed by atoms with Gasteiger partial charge in [-0.25, -0.2) is 0 Å². The maximum absolute atomic E-state index is 9.49. The number of hydrogen-bond acceptors (Lipinski definition) is 2. The molecule has 2 aliphatic rings. The van der Waals surface area contributed by atoms with Crippen LogP contribution in [0.15, 0.2) is 35.7 Å². The van der Waals surface area contributed by atoms with E-state index in [0.29, 0.717) is 5.92 Å². The molecule has 3 nitrogen and oxygen atoms in total. The Labute approximate surface area is 108 Å². The van der Waals surface area contributed by atoms with Crippen LogP contribution in [-0.2, 0) is 0 Å². The van der Waals surface area contributed by atoms with Crippen LogP contribution in [-0.4, -0.2) is 10.9 Å². The zero-order valence-electron chi connectivity index (χ0n) is 11.3. The van der Waals surface area contributed by atoms with Gasteiger partial charge in [-0.2, -0.15) is 4.57 Å². The lowest BCUT2D eigenvalue weighted by atomic mass is 9.70. The Morgan fingerprint density at radius 3 is 2.50 bits per heavy atom. The van der Waals surface area contributed by atoms with E-state index in [-0.39, 0.29) is 16.9 Å². The van der Waals surface area contributed by atoms with Crippen molar-refractivity contribution in [3.8, 4) is 0 Å². The predicted octanol–water partition coefficient (Wildman–Crippen LogP) is 2.80. The van der Waals surface area contributed by atoms with Crippen molar-refractivity contribution in [2.24, 2.45) is 21.9 Å². The van der Waals surface area contributed by atoms with Gasteiger partial charge in [-0.3, -0.25) is 0 Å². The molecule has 0 aromatic carbocycles. The topological polar surface area (TPSA) is 36.5 Å². The van der Waals surface area contributed by atoms with Crippen LogP contribution in [0.2, 0.25) is 0 Å². The van der Waals surface area contributed by atoms with Crippen molar-refractivity contribution < 1.29 is 9.77 Å². The van der Waals surface area contributed by atoms with Crippen molar-refractivity contribution in [2.45, 2.75) is 39.7 Å². The summed E-state index contributed by atoms with van der Waals surface area (Å²) < 4.78 is 2.20. The number of oxime groups is 1. The van der Waals surface area contributed by atoms with Crippen molar-refractivity contribution >= 4 is 5.71 Å². The molecule has 0 amide bonds. The molecule has 2 bridgehead atoms. The van der Waals surface area contributed by atoms with Gasteiger partial charge >= 0.3 is 0 Å². The minimum atomic E-state index is 0.0277. The van der Waals surface area contributed by atoms with E-state index >= 15 is 0 Å². The first-order chi connectivity index (χ1) is 8.52. The van der Waals surface area contributed by atoms with Gasteiger partial charge in [0, 0.05) is 23.5 Å². The Bertz CT molecular complexity index is 494. The van der Waals surface area contributed by atoms with Crippen molar-refractivity contribution in [2.75, 3.05) is 0 Å². The third-order valence-corrected chi connectivity index (χ3v) is 5.70. The highest BCUT2D eigenvalue weighted by atomic mass is 16.4. The Kier molecular flexibility index (Phi) is 2.31. The molecule has 0 spiro atoms. The first-order valence-corrected chi connectivity index (χ1v) is 6.70. The van der Waals surface area contributed by atoms with E-state index in [4.69, 9.17) is 0 Å². The van der Waals surface area contributed by atoms with Gasteiger partial charge in [-0.05, 0) is 18.3 Å². The van der Waals surface area contributed by atoms with E-state index in [2.05, 4.69) is 42.9 Å². The van der Waals surface area contributed by atoms with E-state index in [0.717, 1.165) is 12.1 Å². The molecule has 2 saturated carbocycles. The number of rotatable bonds is 1. The van der Waals surface area contributed by atoms with Gasteiger partial charge in [0.2, 0.25) is 6.04 Å². The second-order valence-corrected chi connectivity index (χ2v) is 6.45. The molecular formula is C15H21N2O+. The fraction of sp³-hybridized carbons (Fsp3) is 0.600. The van der Waals surface area contributed by atoms with Crippen LogP contribution in [0, 0.1) is 16.7 Å². The maximum atomic E-state index is 9.49. The molecule has 0 unspecified atom stereocenters. The third kappa shape index (κ3) is 1.20. The van der Waals surface area contributed by atoms with Crippen molar-refractivity contribution in [1.29, 1.82) is 0 Å². The van der Waals surface area contributed by atoms with Crippen molar-refractivity contribution in [3.63, 3.8) is 0 Å². The second kappa shape index (κ2) is 3.56. The zero-order chi connectivity index (χ0) is 13.0. The Morgan fingerprint density at radius 1 is 1.22 bits per heavy atom. The largest absolute Gasteiger partial charge is 0.411 e. The lowest BCUT2D eigenvalue weighted by Gasteiger charge is -2.32. The van der Waals surface area contributed by atoms with E-state index in [9.17, 15) is 5.21 Å². The standard InChI is InChI=1S/C15H20N2O/c1-14(2)11-7-8-15(14,3)13(16-18)12(11)17-9-5-4-6-10-17/h4-6,9-12H,7-8H2,1-3H3/p+1/b16-13-/t11-,12-,15-/m0/s1. The predicted molar refractivity (Wildman–Crippen MR) is 69.5 cm³/mol. The average Bonchev–Trinajstić information content (AvgIpc) is 2.70. The Morgan fingerprint density at radius 2 is 1.89 bits per heavy atom. The van der Waals surface area contributed by atoms with Gasteiger partial charge < -0.3 is 5.21 Å². The highest BCUT2D eigenvalue weighted by Gasteiger charge is 2.68. The van der Waals surface area contributed by atoms with Crippen LogP contribution in [0.5, 0.6) is 0 Å². The van der Waals surface area contributed by atoms with Crippen LogP contribution in [0.25, 0.3) is 0 Å². The summed E-state index contributed by atoms with van der Waals surface area (Å²) in [6.07, 6.45) is 6.51. The molecule has 1 heterocycles. The second-order valence-electron chi connectivity index (χ2n) is 6.45. The molecule has 1 N–H and O–H groups in total. The number of pyridine rings is 1. The minimum Gasteiger partial charge on any atom is -0.411 e. The zero-order valence-corrected chi connectivity index (χ0v) is 11.3. The fourth-order valence-corrected chi connectivity index (χ4v) is 4.18. The summed E-state index contributed by atoms with van der Waals surface area (Å²) >= 11 is 0.